The van der Waals surface area contributed by atoms with Gasteiger partial charge in [0.25, 0.3) is 0 Å². The van der Waals surface area contributed by atoms with Crippen molar-refractivity contribution in [1.29, 1.82) is 0 Å². The zero-order chi connectivity index (χ0) is 14.5. The lowest BCUT2D eigenvalue weighted by atomic mass is 9.93. The Bertz CT molecular complexity index is 407. The van der Waals surface area contributed by atoms with E-state index in [9.17, 15) is 0 Å². The highest BCUT2D eigenvalue weighted by Gasteiger charge is 2.25. The first kappa shape index (κ1) is 15.5. The molecule has 0 bridgehead atoms. The van der Waals surface area contributed by atoms with E-state index in [-0.39, 0.29) is 0 Å². The lowest BCUT2D eigenvalue weighted by Crippen LogP contribution is -2.48. The number of nitrogens with one attached hydrogen (secondary N) is 1. The summed E-state index contributed by atoms with van der Waals surface area (Å²) in [6.07, 6.45) is 2.52. The van der Waals surface area contributed by atoms with Crippen LogP contribution in [0.2, 0.25) is 0 Å². The Morgan fingerprint density at radius 2 is 1.90 bits per heavy atom. The lowest BCUT2D eigenvalue weighted by Gasteiger charge is -2.37. The lowest BCUT2D eigenvalue weighted by molar-refractivity contribution is 0.141. The number of aryl methyl sites for hydroxylation is 2. The number of benzene rings is 1. The molecule has 2 unspecified atom stereocenters. The van der Waals surface area contributed by atoms with Crippen molar-refractivity contribution in [3.8, 4) is 0 Å². The van der Waals surface area contributed by atoms with Gasteiger partial charge in [-0.1, -0.05) is 43.2 Å². The molecule has 0 amide bonds. The number of rotatable bonds is 5. The minimum absolute atomic E-state index is 0.713. The molecule has 2 nitrogen and oxygen atoms in total. The molecule has 1 aliphatic rings. The quantitative estimate of drug-likeness (QED) is 0.884. The molecule has 0 aromatic heterocycles. The molecule has 2 atom stereocenters. The predicted octanol–water partition coefficient (Wildman–Crippen LogP) is 3.51. The van der Waals surface area contributed by atoms with Crippen LogP contribution in [0.25, 0.3) is 0 Å². The Hall–Kier alpha value is -0.860. The smallest absolute Gasteiger partial charge is 0.0234 e. The third kappa shape index (κ3) is 4.32. The van der Waals surface area contributed by atoms with Crippen molar-refractivity contribution >= 4 is 0 Å². The molecule has 0 saturated carbocycles. The topological polar surface area (TPSA) is 15.3 Å². The highest BCUT2D eigenvalue weighted by atomic mass is 15.1. The first-order valence-electron chi connectivity index (χ1n) is 8.11. The molecule has 1 aliphatic heterocycles. The van der Waals surface area contributed by atoms with Gasteiger partial charge in [-0.3, -0.25) is 4.90 Å². The molecule has 1 fully saturated rings. The first-order chi connectivity index (χ1) is 9.58. The molecular weight excluding hydrogens is 244 g/mol. The molecule has 1 N–H and O–H groups in total. The van der Waals surface area contributed by atoms with E-state index in [2.05, 4.69) is 56.1 Å². The number of likely N-dealkylation sites (tertiary alicyclic amines) is 1. The fraction of sp³-hybridized carbons (Fsp3) is 0.667. The standard InChI is InChI=1S/C18H30N2/c1-5-7-19-18-6-8-20(12-16(18)4)13-17-10-14(2)9-15(3)11-17/h9-11,16,18-19H,5-8,12-13H2,1-4H3. The van der Waals surface area contributed by atoms with Gasteiger partial charge < -0.3 is 5.32 Å². The largest absolute Gasteiger partial charge is 0.314 e. The van der Waals surface area contributed by atoms with Crippen LogP contribution in [-0.4, -0.2) is 30.6 Å². The van der Waals surface area contributed by atoms with Crippen LogP contribution in [-0.2, 0) is 6.54 Å². The molecule has 1 saturated heterocycles. The van der Waals surface area contributed by atoms with E-state index < -0.39 is 0 Å². The Morgan fingerprint density at radius 1 is 1.20 bits per heavy atom. The van der Waals surface area contributed by atoms with E-state index >= 15 is 0 Å². The minimum atomic E-state index is 0.713. The van der Waals surface area contributed by atoms with Gasteiger partial charge in [-0.2, -0.15) is 0 Å². The summed E-state index contributed by atoms with van der Waals surface area (Å²) in [7, 11) is 0. The normalized spacial score (nSPS) is 24.0. The van der Waals surface area contributed by atoms with Crippen molar-refractivity contribution in [3.63, 3.8) is 0 Å². The molecule has 0 radical (unpaired) electrons. The monoisotopic (exact) mass is 274 g/mol. The summed E-state index contributed by atoms with van der Waals surface area (Å²) >= 11 is 0. The zero-order valence-electron chi connectivity index (χ0n) is 13.6. The fourth-order valence-corrected chi connectivity index (χ4v) is 3.43. The second-order valence-electron chi connectivity index (χ2n) is 6.56. The summed E-state index contributed by atoms with van der Waals surface area (Å²) in [6.45, 7) is 13.7. The maximum absolute atomic E-state index is 3.70. The highest BCUT2D eigenvalue weighted by molar-refractivity contribution is 5.28. The van der Waals surface area contributed by atoms with Gasteiger partial charge >= 0.3 is 0 Å². The zero-order valence-corrected chi connectivity index (χ0v) is 13.6. The fourth-order valence-electron chi connectivity index (χ4n) is 3.43. The van der Waals surface area contributed by atoms with Crippen LogP contribution in [0, 0.1) is 19.8 Å². The van der Waals surface area contributed by atoms with Crippen molar-refractivity contribution in [1.82, 2.24) is 10.2 Å². The van der Waals surface area contributed by atoms with Crippen molar-refractivity contribution < 1.29 is 0 Å². The molecule has 2 rings (SSSR count). The van der Waals surface area contributed by atoms with Gasteiger partial charge in [-0.05, 0) is 51.3 Å². The van der Waals surface area contributed by atoms with E-state index in [0.29, 0.717) is 6.04 Å². The third-order valence-electron chi connectivity index (χ3n) is 4.33. The van der Waals surface area contributed by atoms with Crippen LogP contribution in [0.4, 0.5) is 0 Å². The molecule has 0 aliphatic carbocycles. The van der Waals surface area contributed by atoms with Crippen LogP contribution < -0.4 is 5.32 Å². The van der Waals surface area contributed by atoms with Gasteiger partial charge in [0.2, 0.25) is 0 Å². The highest BCUT2D eigenvalue weighted by Crippen LogP contribution is 2.20. The van der Waals surface area contributed by atoms with Crippen LogP contribution in [0.5, 0.6) is 0 Å². The Morgan fingerprint density at radius 3 is 2.50 bits per heavy atom. The Kier molecular flexibility index (Phi) is 5.62. The van der Waals surface area contributed by atoms with Gasteiger partial charge in [0.15, 0.2) is 0 Å². The Labute approximate surface area is 124 Å². The summed E-state index contributed by atoms with van der Waals surface area (Å²) in [5, 5.41) is 3.70. The van der Waals surface area contributed by atoms with Crippen molar-refractivity contribution in [2.45, 2.75) is 53.1 Å². The predicted molar refractivity (Wildman–Crippen MR) is 87.1 cm³/mol. The summed E-state index contributed by atoms with van der Waals surface area (Å²) in [5.41, 5.74) is 4.23. The second-order valence-corrected chi connectivity index (χ2v) is 6.56. The summed E-state index contributed by atoms with van der Waals surface area (Å²) in [5.74, 6) is 0.751. The SMILES string of the molecule is CCCNC1CCN(Cc2cc(C)cc(C)c2)CC1C. The van der Waals surface area contributed by atoms with Crippen molar-refractivity contribution in [3.05, 3.63) is 34.9 Å². The molecule has 0 spiro atoms. The van der Waals surface area contributed by atoms with Gasteiger partial charge in [0.05, 0.1) is 0 Å². The van der Waals surface area contributed by atoms with Gasteiger partial charge in [0, 0.05) is 19.1 Å². The van der Waals surface area contributed by atoms with E-state index in [0.717, 1.165) is 19.0 Å². The number of hydrogen-bond acceptors (Lipinski definition) is 2. The van der Waals surface area contributed by atoms with Crippen molar-refractivity contribution in [2.24, 2.45) is 5.92 Å². The maximum Gasteiger partial charge on any atom is 0.0234 e. The average Bonchev–Trinajstić information content (AvgIpc) is 2.36. The molecule has 2 heteroatoms. The number of nitrogens with zero attached hydrogens (tertiary/aromatic N) is 1. The van der Waals surface area contributed by atoms with Crippen LogP contribution in [0.1, 0.15) is 43.4 Å². The summed E-state index contributed by atoms with van der Waals surface area (Å²) < 4.78 is 0. The average molecular weight is 274 g/mol. The molecule has 1 aromatic carbocycles. The van der Waals surface area contributed by atoms with Crippen LogP contribution in [0.15, 0.2) is 18.2 Å². The first-order valence-corrected chi connectivity index (χ1v) is 8.11. The number of piperidine rings is 1. The maximum atomic E-state index is 3.70. The molecule has 112 valence electrons. The van der Waals surface area contributed by atoms with Gasteiger partial charge in [0.1, 0.15) is 0 Å². The van der Waals surface area contributed by atoms with Crippen LogP contribution >= 0.6 is 0 Å². The molecular formula is C18H30N2. The minimum Gasteiger partial charge on any atom is -0.314 e. The number of hydrogen-bond donors (Lipinski definition) is 1. The Balaban J connectivity index is 1.89. The van der Waals surface area contributed by atoms with Crippen LogP contribution in [0.3, 0.4) is 0 Å². The van der Waals surface area contributed by atoms with E-state index in [1.807, 2.05) is 0 Å². The van der Waals surface area contributed by atoms with E-state index in [1.54, 1.807) is 0 Å². The molecule has 1 heterocycles. The van der Waals surface area contributed by atoms with Gasteiger partial charge in [-0.25, -0.2) is 0 Å². The second kappa shape index (κ2) is 7.24. The van der Waals surface area contributed by atoms with Crippen molar-refractivity contribution in [2.75, 3.05) is 19.6 Å². The van der Waals surface area contributed by atoms with E-state index in [4.69, 9.17) is 0 Å². The third-order valence-corrected chi connectivity index (χ3v) is 4.33. The van der Waals surface area contributed by atoms with E-state index in [1.165, 1.54) is 42.6 Å². The molecule has 1 aromatic rings. The summed E-state index contributed by atoms with van der Waals surface area (Å²) in [4.78, 5) is 2.61. The van der Waals surface area contributed by atoms with Gasteiger partial charge in [-0.15, -0.1) is 0 Å². The summed E-state index contributed by atoms with van der Waals surface area (Å²) in [6, 6.07) is 7.64. The molecule has 20 heavy (non-hydrogen) atoms.